The van der Waals surface area contributed by atoms with Crippen molar-refractivity contribution >= 4 is 5.91 Å². The summed E-state index contributed by atoms with van der Waals surface area (Å²) in [6.07, 6.45) is 3.43. The number of carbonyl (C=O) groups is 1. The lowest BCUT2D eigenvalue weighted by atomic mass is 9.69. The van der Waals surface area contributed by atoms with Crippen LogP contribution < -0.4 is 0 Å². The number of likely N-dealkylation sites (N-methyl/N-ethyl adjacent to an activating group) is 1. The van der Waals surface area contributed by atoms with Gasteiger partial charge in [0.25, 0.3) is 0 Å². The predicted octanol–water partition coefficient (Wildman–Crippen LogP) is 1.48. The normalized spacial score (nSPS) is 17.4. The standard InChI is InChI=1S/C13H23N3O/c1-4-8-16(10-9-15(2)3)12(17)13(11-14)6-5-7-13/h4-10H2,1-3H3. The summed E-state index contributed by atoms with van der Waals surface area (Å²) in [6, 6.07) is 2.24. The first-order valence-electron chi connectivity index (χ1n) is 6.41. The van der Waals surface area contributed by atoms with Gasteiger partial charge in [-0.25, -0.2) is 0 Å². The maximum Gasteiger partial charge on any atom is 0.243 e. The average Bonchev–Trinajstić information content (AvgIpc) is 2.23. The van der Waals surface area contributed by atoms with E-state index >= 15 is 0 Å². The van der Waals surface area contributed by atoms with Crippen molar-refractivity contribution < 1.29 is 4.79 Å². The molecule has 1 aliphatic rings. The van der Waals surface area contributed by atoms with Gasteiger partial charge in [-0.3, -0.25) is 4.79 Å². The molecule has 1 rings (SSSR count). The Kier molecular flexibility index (Phi) is 4.95. The lowest BCUT2D eigenvalue weighted by Crippen LogP contribution is -2.49. The molecular formula is C13H23N3O. The molecule has 1 saturated carbocycles. The molecule has 0 aromatic heterocycles. The Balaban J connectivity index is 2.63. The monoisotopic (exact) mass is 237 g/mol. The molecule has 1 amide bonds. The number of hydrogen-bond acceptors (Lipinski definition) is 3. The maximum absolute atomic E-state index is 12.4. The second-order valence-electron chi connectivity index (χ2n) is 5.14. The molecule has 4 nitrogen and oxygen atoms in total. The first-order valence-corrected chi connectivity index (χ1v) is 6.41. The summed E-state index contributed by atoms with van der Waals surface area (Å²) in [4.78, 5) is 16.3. The van der Waals surface area contributed by atoms with Gasteiger partial charge in [-0.05, 0) is 39.8 Å². The Bertz CT molecular complexity index is 302. The van der Waals surface area contributed by atoms with E-state index in [1.807, 2.05) is 19.0 Å². The fourth-order valence-corrected chi connectivity index (χ4v) is 2.11. The van der Waals surface area contributed by atoms with Crippen LogP contribution in [0.2, 0.25) is 0 Å². The number of hydrogen-bond donors (Lipinski definition) is 0. The molecule has 0 saturated heterocycles. The van der Waals surface area contributed by atoms with Crippen LogP contribution in [0.1, 0.15) is 32.6 Å². The van der Waals surface area contributed by atoms with Crippen LogP contribution in [0.3, 0.4) is 0 Å². The predicted molar refractivity (Wildman–Crippen MR) is 67.3 cm³/mol. The van der Waals surface area contributed by atoms with Crippen LogP contribution in [0, 0.1) is 16.7 Å². The highest BCUT2D eigenvalue weighted by Gasteiger charge is 2.46. The lowest BCUT2D eigenvalue weighted by Gasteiger charge is -2.38. The summed E-state index contributed by atoms with van der Waals surface area (Å²) in [5.74, 6) is 0.0509. The molecule has 0 aromatic carbocycles. The molecule has 1 fully saturated rings. The maximum atomic E-state index is 12.4. The molecule has 17 heavy (non-hydrogen) atoms. The Morgan fingerprint density at radius 1 is 1.29 bits per heavy atom. The van der Waals surface area contributed by atoms with Crippen molar-refractivity contribution in [2.45, 2.75) is 32.6 Å². The largest absolute Gasteiger partial charge is 0.340 e. The molecule has 0 aliphatic heterocycles. The SMILES string of the molecule is CCCN(CCN(C)C)C(=O)C1(C#N)CCC1. The zero-order chi connectivity index (χ0) is 12.9. The number of carbonyl (C=O) groups excluding carboxylic acids is 1. The van der Waals surface area contributed by atoms with Crippen LogP contribution in [-0.4, -0.2) is 49.4 Å². The van der Waals surface area contributed by atoms with E-state index < -0.39 is 5.41 Å². The van der Waals surface area contributed by atoms with E-state index in [-0.39, 0.29) is 5.91 Å². The van der Waals surface area contributed by atoms with Crippen LogP contribution in [0.15, 0.2) is 0 Å². The van der Waals surface area contributed by atoms with Crippen molar-refractivity contribution in [1.29, 1.82) is 5.26 Å². The fourth-order valence-electron chi connectivity index (χ4n) is 2.11. The highest BCUT2D eigenvalue weighted by atomic mass is 16.2. The van der Waals surface area contributed by atoms with Gasteiger partial charge in [-0.1, -0.05) is 6.92 Å². The highest BCUT2D eigenvalue weighted by molar-refractivity contribution is 5.86. The number of nitrogens with zero attached hydrogens (tertiary/aromatic N) is 3. The number of amides is 1. The third kappa shape index (κ3) is 3.19. The van der Waals surface area contributed by atoms with Crippen LogP contribution in [-0.2, 0) is 4.79 Å². The third-order valence-corrected chi connectivity index (χ3v) is 3.43. The first-order chi connectivity index (χ1) is 8.05. The average molecular weight is 237 g/mol. The van der Waals surface area contributed by atoms with Gasteiger partial charge in [-0.15, -0.1) is 0 Å². The van der Waals surface area contributed by atoms with E-state index in [2.05, 4.69) is 17.9 Å². The minimum absolute atomic E-state index is 0.0509. The van der Waals surface area contributed by atoms with Gasteiger partial charge in [0.2, 0.25) is 5.91 Å². The summed E-state index contributed by atoms with van der Waals surface area (Å²) < 4.78 is 0. The van der Waals surface area contributed by atoms with Gasteiger partial charge >= 0.3 is 0 Å². The van der Waals surface area contributed by atoms with E-state index in [0.29, 0.717) is 0 Å². The highest BCUT2D eigenvalue weighted by Crippen LogP contribution is 2.41. The van der Waals surface area contributed by atoms with Crippen LogP contribution in [0.4, 0.5) is 0 Å². The molecule has 0 spiro atoms. The summed E-state index contributed by atoms with van der Waals surface area (Å²) >= 11 is 0. The molecule has 0 bridgehead atoms. The third-order valence-electron chi connectivity index (χ3n) is 3.43. The molecule has 0 heterocycles. The van der Waals surface area contributed by atoms with Crippen LogP contribution in [0.5, 0.6) is 0 Å². The molecule has 96 valence electrons. The van der Waals surface area contributed by atoms with Crippen molar-refractivity contribution in [2.75, 3.05) is 33.7 Å². The van der Waals surface area contributed by atoms with Crippen molar-refractivity contribution in [3.8, 4) is 6.07 Å². The summed E-state index contributed by atoms with van der Waals surface area (Å²) in [7, 11) is 4.00. The van der Waals surface area contributed by atoms with Gasteiger partial charge in [0.05, 0.1) is 6.07 Å². The van der Waals surface area contributed by atoms with Gasteiger partial charge in [0, 0.05) is 19.6 Å². The minimum Gasteiger partial charge on any atom is -0.340 e. The Labute approximate surface area is 104 Å². The first kappa shape index (κ1) is 14.0. The van der Waals surface area contributed by atoms with E-state index in [4.69, 9.17) is 0 Å². The van der Waals surface area contributed by atoms with Gasteiger partial charge in [-0.2, -0.15) is 5.26 Å². The van der Waals surface area contributed by atoms with E-state index in [9.17, 15) is 10.1 Å². The van der Waals surface area contributed by atoms with Gasteiger partial charge < -0.3 is 9.80 Å². The summed E-state index contributed by atoms with van der Waals surface area (Å²) in [5.41, 5.74) is -0.693. The van der Waals surface area contributed by atoms with E-state index in [1.54, 1.807) is 0 Å². The summed E-state index contributed by atoms with van der Waals surface area (Å²) in [5, 5.41) is 9.19. The smallest absolute Gasteiger partial charge is 0.243 e. The van der Waals surface area contributed by atoms with Crippen LogP contribution >= 0.6 is 0 Å². The van der Waals surface area contributed by atoms with Crippen molar-refractivity contribution in [2.24, 2.45) is 5.41 Å². The van der Waals surface area contributed by atoms with Gasteiger partial charge in [0.1, 0.15) is 5.41 Å². The summed E-state index contributed by atoms with van der Waals surface area (Å²) in [6.45, 7) is 4.40. The molecule has 1 aliphatic carbocycles. The molecule has 0 aromatic rings. The van der Waals surface area contributed by atoms with E-state index in [1.165, 1.54) is 0 Å². The molecule has 0 unspecified atom stereocenters. The quantitative estimate of drug-likeness (QED) is 0.703. The number of rotatable bonds is 6. The molecule has 4 heteroatoms. The fraction of sp³-hybridized carbons (Fsp3) is 0.846. The topological polar surface area (TPSA) is 47.3 Å². The lowest BCUT2D eigenvalue weighted by molar-refractivity contribution is -0.143. The van der Waals surface area contributed by atoms with E-state index in [0.717, 1.165) is 45.3 Å². The number of nitriles is 1. The van der Waals surface area contributed by atoms with Crippen LogP contribution in [0.25, 0.3) is 0 Å². The van der Waals surface area contributed by atoms with Crippen molar-refractivity contribution in [1.82, 2.24) is 9.80 Å². The second kappa shape index (κ2) is 6.02. The zero-order valence-electron chi connectivity index (χ0n) is 11.2. The molecular weight excluding hydrogens is 214 g/mol. The molecule has 0 atom stereocenters. The Morgan fingerprint density at radius 3 is 2.29 bits per heavy atom. The van der Waals surface area contributed by atoms with Crippen molar-refractivity contribution in [3.05, 3.63) is 0 Å². The van der Waals surface area contributed by atoms with Gasteiger partial charge in [0.15, 0.2) is 0 Å². The zero-order valence-corrected chi connectivity index (χ0v) is 11.2. The van der Waals surface area contributed by atoms with Crippen molar-refractivity contribution in [3.63, 3.8) is 0 Å². The Hall–Kier alpha value is -1.08. The minimum atomic E-state index is -0.693. The molecule has 0 radical (unpaired) electrons. The second-order valence-corrected chi connectivity index (χ2v) is 5.14. The molecule has 0 N–H and O–H groups in total. The Morgan fingerprint density at radius 2 is 1.94 bits per heavy atom.